The minimum atomic E-state index is -1.04. The number of nitrogens with zero attached hydrogens (tertiary/aromatic N) is 1. The number of nitrogen functional groups attached to an aromatic ring is 1. The van der Waals surface area contributed by atoms with E-state index in [-0.39, 0.29) is 0 Å². The Morgan fingerprint density at radius 3 is 2.73 bits per heavy atom. The Kier molecular flexibility index (Phi) is 4.38. The lowest BCUT2D eigenvalue weighted by molar-refractivity contribution is 0.0151. The third-order valence-electron chi connectivity index (χ3n) is 2.17. The van der Waals surface area contributed by atoms with Gasteiger partial charge in [-0.1, -0.05) is 0 Å². The Morgan fingerprint density at radius 1 is 1.47 bits per heavy atom. The fourth-order valence-corrected chi connectivity index (χ4v) is 1.56. The molecule has 0 radical (unpaired) electrons. The molecule has 0 amide bonds. The molecule has 0 aromatic carbocycles. The fourth-order valence-electron chi connectivity index (χ4n) is 1.30. The van der Waals surface area contributed by atoms with Gasteiger partial charge in [-0.2, -0.15) is 12.6 Å². The van der Waals surface area contributed by atoms with Crippen LogP contribution in [0.15, 0.2) is 12.1 Å². The molecule has 4 N–H and O–H groups in total. The Labute approximate surface area is 94.6 Å². The number of anilines is 1. The smallest absolute Gasteiger partial charge is 0.124 e. The molecule has 0 spiro atoms. The highest BCUT2D eigenvalue weighted by molar-refractivity contribution is 7.80. The van der Waals surface area contributed by atoms with E-state index in [1.807, 2.05) is 0 Å². The van der Waals surface area contributed by atoms with Crippen molar-refractivity contribution < 1.29 is 10.2 Å². The summed E-state index contributed by atoms with van der Waals surface area (Å²) in [4.78, 5) is 4.12. The van der Waals surface area contributed by atoms with Crippen molar-refractivity contribution in [3.63, 3.8) is 0 Å². The highest BCUT2D eigenvalue weighted by Gasteiger charge is 2.21. The van der Waals surface area contributed by atoms with Crippen LogP contribution in [0.2, 0.25) is 0 Å². The standard InChI is InChI=1S/C10H16N2O2S/c1-6-2-3-7(11)9(12-6)10(14)8(13)4-5-15/h2-3,8,10,13-15H,4-5,11H2,1H3. The minimum Gasteiger partial charge on any atom is -0.397 e. The van der Waals surface area contributed by atoms with E-state index in [9.17, 15) is 10.2 Å². The van der Waals surface area contributed by atoms with Gasteiger partial charge in [0.15, 0.2) is 0 Å². The fraction of sp³-hybridized carbons (Fsp3) is 0.500. The lowest BCUT2D eigenvalue weighted by atomic mass is 10.1. The molecule has 0 saturated heterocycles. The van der Waals surface area contributed by atoms with Gasteiger partial charge in [-0.15, -0.1) is 0 Å². The first-order chi connectivity index (χ1) is 7.06. The summed E-state index contributed by atoms with van der Waals surface area (Å²) in [5, 5.41) is 19.4. The van der Waals surface area contributed by atoms with Crippen LogP contribution >= 0.6 is 12.6 Å². The zero-order chi connectivity index (χ0) is 11.4. The molecule has 1 aromatic heterocycles. The lowest BCUT2D eigenvalue weighted by Crippen LogP contribution is -2.21. The van der Waals surface area contributed by atoms with Crippen molar-refractivity contribution in [2.24, 2.45) is 0 Å². The van der Waals surface area contributed by atoms with Crippen LogP contribution in [0.3, 0.4) is 0 Å². The third kappa shape index (κ3) is 3.09. The third-order valence-corrected chi connectivity index (χ3v) is 2.42. The molecular weight excluding hydrogens is 212 g/mol. The number of pyridine rings is 1. The molecule has 2 unspecified atom stereocenters. The summed E-state index contributed by atoms with van der Waals surface area (Å²) >= 11 is 3.99. The van der Waals surface area contributed by atoms with Crippen molar-refractivity contribution in [2.75, 3.05) is 11.5 Å². The normalized spacial score (nSPS) is 14.9. The van der Waals surface area contributed by atoms with Crippen molar-refractivity contribution in [3.05, 3.63) is 23.5 Å². The first-order valence-corrected chi connectivity index (χ1v) is 5.39. The van der Waals surface area contributed by atoms with E-state index in [0.29, 0.717) is 23.6 Å². The van der Waals surface area contributed by atoms with Crippen molar-refractivity contribution in [3.8, 4) is 0 Å². The van der Waals surface area contributed by atoms with Crippen LogP contribution in [0.4, 0.5) is 5.69 Å². The average molecular weight is 228 g/mol. The molecule has 0 bridgehead atoms. The van der Waals surface area contributed by atoms with Crippen LogP contribution in [0.5, 0.6) is 0 Å². The van der Waals surface area contributed by atoms with Gasteiger partial charge in [0.05, 0.1) is 17.5 Å². The second kappa shape index (κ2) is 5.34. The molecule has 84 valence electrons. The van der Waals surface area contributed by atoms with E-state index in [1.54, 1.807) is 19.1 Å². The van der Waals surface area contributed by atoms with Gasteiger partial charge in [-0.25, -0.2) is 0 Å². The van der Waals surface area contributed by atoms with Gasteiger partial charge in [0.25, 0.3) is 0 Å². The van der Waals surface area contributed by atoms with Gasteiger partial charge < -0.3 is 15.9 Å². The molecular formula is C10H16N2O2S. The molecule has 15 heavy (non-hydrogen) atoms. The van der Waals surface area contributed by atoms with E-state index in [4.69, 9.17) is 5.73 Å². The van der Waals surface area contributed by atoms with Gasteiger partial charge in [-0.3, -0.25) is 4.98 Å². The quantitative estimate of drug-likeness (QED) is 0.572. The Hall–Kier alpha value is -0.780. The predicted molar refractivity (Wildman–Crippen MR) is 62.8 cm³/mol. The minimum absolute atomic E-state index is 0.337. The lowest BCUT2D eigenvalue weighted by Gasteiger charge is -2.18. The van der Waals surface area contributed by atoms with Crippen molar-refractivity contribution in [2.45, 2.75) is 25.6 Å². The number of aryl methyl sites for hydroxylation is 1. The first kappa shape index (κ1) is 12.3. The van der Waals surface area contributed by atoms with E-state index < -0.39 is 12.2 Å². The summed E-state index contributed by atoms with van der Waals surface area (Å²) in [6.45, 7) is 1.81. The number of hydrogen-bond donors (Lipinski definition) is 4. The molecule has 0 aliphatic heterocycles. The largest absolute Gasteiger partial charge is 0.397 e. The maximum atomic E-state index is 9.80. The highest BCUT2D eigenvalue weighted by atomic mass is 32.1. The average Bonchev–Trinajstić information content (AvgIpc) is 2.21. The molecule has 0 fully saturated rings. The maximum Gasteiger partial charge on any atom is 0.124 e. The van der Waals surface area contributed by atoms with E-state index in [0.717, 1.165) is 5.69 Å². The van der Waals surface area contributed by atoms with Crippen LogP contribution in [0, 0.1) is 6.92 Å². The second-order valence-corrected chi connectivity index (χ2v) is 3.90. The first-order valence-electron chi connectivity index (χ1n) is 4.76. The van der Waals surface area contributed by atoms with Crippen LogP contribution in [-0.4, -0.2) is 27.1 Å². The van der Waals surface area contributed by atoms with Gasteiger partial charge in [0, 0.05) is 5.69 Å². The van der Waals surface area contributed by atoms with E-state index >= 15 is 0 Å². The molecule has 1 aromatic rings. The molecule has 5 heteroatoms. The Balaban J connectivity index is 2.89. The monoisotopic (exact) mass is 228 g/mol. The molecule has 0 aliphatic rings. The zero-order valence-electron chi connectivity index (χ0n) is 8.59. The number of nitrogens with two attached hydrogens (primary N) is 1. The summed E-state index contributed by atoms with van der Waals surface area (Å²) in [5.74, 6) is 0.504. The summed E-state index contributed by atoms with van der Waals surface area (Å²) in [6, 6.07) is 3.44. The van der Waals surface area contributed by atoms with Crippen LogP contribution < -0.4 is 5.73 Å². The summed E-state index contributed by atoms with van der Waals surface area (Å²) < 4.78 is 0. The zero-order valence-corrected chi connectivity index (χ0v) is 9.48. The van der Waals surface area contributed by atoms with Crippen LogP contribution in [0.25, 0.3) is 0 Å². The number of aliphatic hydroxyl groups is 2. The topological polar surface area (TPSA) is 79.4 Å². The number of rotatable bonds is 4. The maximum absolute atomic E-state index is 9.80. The van der Waals surface area contributed by atoms with Crippen LogP contribution in [-0.2, 0) is 0 Å². The SMILES string of the molecule is Cc1ccc(N)c(C(O)C(O)CCS)n1. The second-order valence-electron chi connectivity index (χ2n) is 3.45. The van der Waals surface area contributed by atoms with Gasteiger partial charge in [0.1, 0.15) is 6.10 Å². The Morgan fingerprint density at radius 2 is 2.13 bits per heavy atom. The van der Waals surface area contributed by atoms with E-state index in [2.05, 4.69) is 17.6 Å². The number of aromatic nitrogens is 1. The summed E-state index contributed by atoms with van der Waals surface area (Å²) in [7, 11) is 0. The predicted octanol–water partition coefficient (Wildman–Crippen LogP) is 0.686. The van der Waals surface area contributed by atoms with Gasteiger partial charge in [-0.05, 0) is 31.2 Å². The van der Waals surface area contributed by atoms with Crippen molar-refractivity contribution in [1.82, 2.24) is 4.98 Å². The number of hydrogen-bond acceptors (Lipinski definition) is 5. The van der Waals surface area contributed by atoms with Crippen molar-refractivity contribution >= 4 is 18.3 Å². The molecule has 0 saturated carbocycles. The molecule has 1 heterocycles. The number of aliphatic hydroxyl groups excluding tert-OH is 2. The van der Waals surface area contributed by atoms with Crippen LogP contribution in [0.1, 0.15) is 23.9 Å². The molecule has 1 rings (SSSR count). The summed E-state index contributed by atoms with van der Waals surface area (Å²) in [5.41, 5.74) is 7.16. The Bertz CT molecular complexity index is 333. The van der Waals surface area contributed by atoms with E-state index in [1.165, 1.54) is 0 Å². The van der Waals surface area contributed by atoms with Crippen molar-refractivity contribution in [1.29, 1.82) is 0 Å². The van der Waals surface area contributed by atoms with Gasteiger partial charge in [0.2, 0.25) is 0 Å². The highest BCUT2D eigenvalue weighted by Crippen LogP contribution is 2.22. The molecule has 2 atom stereocenters. The molecule has 4 nitrogen and oxygen atoms in total. The molecule has 0 aliphatic carbocycles. The van der Waals surface area contributed by atoms with Gasteiger partial charge >= 0.3 is 0 Å². The summed E-state index contributed by atoms with van der Waals surface area (Å²) in [6.07, 6.45) is -1.52. The number of thiol groups is 1.